The first kappa shape index (κ1) is 19.8. The summed E-state index contributed by atoms with van der Waals surface area (Å²) >= 11 is 0. The van der Waals surface area contributed by atoms with Gasteiger partial charge < -0.3 is 19.7 Å². The standard InChI is InChI=1S/C22H30N4O3/c1-26(2)22(9-5-3-4-6-10-22)15-23-21(27)17-14-24-25-20(17)16-7-8-18-19(13-16)29-12-11-28-18/h7-8,13-14H,3-6,9-12,15H2,1-2H3,(H,23,27)(H,24,25). The second kappa shape index (κ2) is 8.45. The molecule has 0 radical (unpaired) electrons. The number of likely N-dealkylation sites (N-methyl/N-ethyl adjacent to an activating group) is 1. The number of rotatable bonds is 5. The summed E-state index contributed by atoms with van der Waals surface area (Å²) in [5.74, 6) is 1.32. The molecule has 156 valence electrons. The van der Waals surface area contributed by atoms with Gasteiger partial charge in [-0.05, 0) is 45.1 Å². The fraction of sp³-hybridized carbons (Fsp3) is 0.545. The average Bonchev–Trinajstić information content (AvgIpc) is 3.10. The number of carbonyl (C=O) groups excluding carboxylic acids is 1. The number of hydrogen-bond donors (Lipinski definition) is 2. The molecule has 1 amide bonds. The number of ether oxygens (including phenoxy) is 2. The lowest BCUT2D eigenvalue weighted by Gasteiger charge is -2.39. The molecule has 0 unspecified atom stereocenters. The van der Waals surface area contributed by atoms with Crippen molar-refractivity contribution in [1.29, 1.82) is 0 Å². The van der Waals surface area contributed by atoms with E-state index in [4.69, 9.17) is 9.47 Å². The van der Waals surface area contributed by atoms with Crippen molar-refractivity contribution in [3.63, 3.8) is 0 Å². The van der Waals surface area contributed by atoms with Crippen molar-refractivity contribution in [1.82, 2.24) is 20.4 Å². The van der Waals surface area contributed by atoms with Gasteiger partial charge in [0.05, 0.1) is 17.5 Å². The zero-order valence-corrected chi connectivity index (χ0v) is 17.3. The molecule has 1 aromatic carbocycles. The topological polar surface area (TPSA) is 79.5 Å². The number of hydrogen-bond acceptors (Lipinski definition) is 5. The molecule has 4 rings (SSSR count). The van der Waals surface area contributed by atoms with Crippen molar-refractivity contribution in [3.05, 3.63) is 30.0 Å². The highest BCUT2D eigenvalue weighted by Crippen LogP contribution is 2.35. The number of aromatic nitrogens is 2. The van der Waals surface area contributed by atoms with Crippen LogP contribution in [0.5, 0.6) is 11.5 Å². The molecule has 7 nitrogen and oxygen atoms in total. The van der Waals surface area contributed by atoms with E-state index >= 15 is 0 Å². The number of nitrogens with one attached hydrogen (secondary N) is 2. The fourth-order valence-corrected chi connectivity index (χ4v) is 4.39. The Balaban J connectivity index is 1.51. The predicted octanol–water partition coefficient (Wildman–Crippen LogP) is 3.23. The third-order valence-electron chi connectivity index (χ3n) is 6.28. The minimum Gasteiger partial charge on any atom is -0.486 e. The van der Waals surface area contributed by atoms with E-state index < -0.39 is 0 Å². The maximum Gasteiger partial charge on any atom is 0.255 e. The van der Waals surface area contributed by atoms with Gasteiger partial charge in [0.1, 0.15) is 13.2 Å². The van der Waals surface area contributed by atoms with Crippen LogP contribution in [-0.4, -0.2) is 60.4 Å². The molecule has 2 aromatic rings. The lowest BCUT2D eigenvalue weighted by molar-refractivity contribution is 0.0869. The van der Waals surface area contributed by atoms with Gasteiger partial charge in [-0.3, -0.25) is 9.89 Å². The number of carbonyl (C=O) groups is 1. The van der Waals surface area contributed by atoms with Gasteiger partial charge in [0, 0.05) is 17.6 Å². The van der Waals surface area contributed by atoms with Crippen LogP contribution in [0, 0.1) is 0 Å². The summed E-state index contributed by atoms with van der Waals surface area (Å²) in [6.45, 7) is 1.72. The van der Waals surface area contributed by atoms with Gasteiger partial charge in [-0.25, -0.2) is 0 Å². The zero-order chi connectivity index (χ0) is 20.3. The van der Waals surface area contributed by atoms with Crippen LogP contribution >= 0.6 is 0 Å². The largest absolute Gasteiger partial charge is 0.486 e. The lowest BCUT2D eigenvalue weighted by Crippen LogP contribution is -2.52. The first-order chi connectivity index (χ1) is 14.1. The third-order valence-corrected chi connectivity index (χ3v) is 6.28. The molecule has 29 heavy (non-hydrogen) atoms. The number of amides is 1. The highest BCUT2D eigenvalue weighted by molar-refractivity contribution is 5.99. The van der Waals surface area contributed by atoms with Crippen molar-refractivity contribution in [2.75, 3.05) is 33.9 Å². The molecule has 0 atom stereocenters. The first-order valence-electron chi connectivity index (χ1n) is 10.5. The molecular weight excluding hydrogens is 368 g/mol. The summed E-state index contributed by atoms with van der Waals surface area (Å²) in [5, 5.41) is 10.3. The molecule has 1 aromatic heterocycles. The summed E-state index contributed by atoms with van der Waals surface area (Å²) in [6, 6.07) is 5.69. The average molecular weight is 399 g/mol. The van der Waals surface area contributed by atoms with E-state index in [1.807, 2.05) is 18.2 Å². The Morgan fingerprint density at radius 1 is 1.14 bits per heavy atom. The van der Waals surface area contributed by atoms with Crippen LogP contribution in [-0.2, 0) is 0 Å². The highest BCUT2D eigenvalue weighted by Gasteiger charge is 2.34. The maximum absolute atomic E-state index is 13.0. The SMILES string of the molecule is CN(C)C1(CNC(=O)c2cn[nH]c2-c2ccc3c(c2)OCCO3)CCCCCC1. The third kappa shape index (κ3) is 4.10. The van der Waals surface area contributed by atoms with Gasteiger partial charge in [-0.2, -0.15) is 5.10 Å². The van der Waals surface area contributed by atoms with Crippen molar-refractivity contribution in [2.24, 2.45) is 0 Å². The molecular formula is C22H30N4O3. The van der Waals surface area contributed by atoms with Gasteiger partial charge in [0.15, 0.2) is 11.5 Å². The van der Waals surface area contributed by atoms with Gasteiger partial charge in [0.2, 0.25) is 0 Å². The highest BCUT2D eigenvalue weighted by atomic mass is 16.6. The second-order valence-electron chi connectivity index (χ2n) is 8.23. The Kier molecular flexibility index (Phi) is 5.76. The molecule has 2 N–H and O–H groups in total. The predicted molar refractivity (Wildman–Crippen MR) is 111 cm³/mol. The van der Waals surface area contributed by atoms with E-state index in [2.05, 4.69) is 34.5 Å². The number of aromatic amines is 1. The second-order valence-corrected chi connectivity index (χ2v) is 8.23. The number of nitrogens with zero attached hydrogens (tertiary/aromatic N) is 2. The zero-order valence-electron chi connectivity index (χ0n) is 17.3. The quantitative estimate of drug-likeness (QED) is 0.756. The summed E-state index contributed by atoms with van der Waals surface area (Å²) in [5.41, 5.74) is 2.12. The molecule has 1 aliphatic carbocycles. The van der Waals surface area contributed by atoms with E-state index in [-0.39, 0.29) is 11.4 Å². The Morgan fingerprint density at radius 3 is 2.59 bits per heavy atom. The van der Waals surface area contributed by atoms with Gasteiger partial charge in [-0.15, -0.1) is 0 Å². The van der Waals surface area contributed by atoms with Crippen LogP contribution in [0.25, 0.3) is 11.3 Å². The number of benzene rings is 1. The van der Waals surface area contributed by atoms with Crippen LogP contribution in [0.4, 0.5) is 0 Å². The smallest absolute Gasteiger partial charge is 0.255 e. The van der Waals surface area contributed by atoms with Crippen molar-refractivity contribution in [2.45, 2.75) is 44.1 Å². The molecule has 1 fully saturated rings. The minimum absolute atomic E-state index is 0.0209. The molecule has 0 bridgehead atoms. The van der Waals surface area contributed by atoms with Crippen LogP contribution < -0.4 is 14.8 Å². The number of H-pyrrole nitrogens is 1. The van der Waals surface area contributed by atoms with Gasteiger partial charge >= 0.3 is 0 Å². The molecule has 1 saturated carbocycles. The monoisotopic (exact) mass is 398 g/mol. The van der Waals surface area contributed by atoms with Crippen LogP contribution in [0.15, 0.2) is 24.4 Å². The Labute approximate surface area is 171 Å². The van der Waals surface area contributed by atoms with Crippen molar-refractivity contribution >= 4 is 5.91 Å². The Bertz CT molecular complexity index is 853. The van der Waals surface area contributed by atoms with E-state index in [1.165, 1.54) is 25.7 Å². The van der Waals surface area contributed by atoms with E-state index in [0.717, 1.165) is 24.2 Å². The van der Waals surface area contributed by atoms with E-state index in [9.17, 15) is 4.79 Å². The lowest BCUT2D eigenvalue weighted by atomic mass is 9.88. The molecule has 0 spiro atoms. The Morgan fingerprint density at radius 2 is 1.86 bits per heavy atom. The van der Waals surface area contributed by atoms with Crippen LogP contribution in [0.1, 0.15) is 48.9 Å². The molecule has 1 aliphatic heterocycles. The molecule has 0 saturated heterocycles. The normalized spacial score (nSPS) is 18.3. The van der Waals surface area contributed by atoms with Gasteiger partial charge in [0.25, 0.3) is 5.91 Å². The fourth-order valence-electron chi connectivity index (χ4n) is 4.39. The van der Waals surface area contributed by atoms with E-state index in [0.29, 0.717) is 36.8 Å². The van der Waals surface area contributed by atoms with E-state index in [1.54, 1.807) is 6.20 Å². The molecule has 2 heterocycles. The van der Waals surface area contributed by atoms with Crippen LogP contribution in [0.2, 0.25) is 0 Å². The maximum atomic E-state index is 13.0. The minimum atomic E-state index is -0.103. The molecule has 2 aliphatic rings. The summed E-state index contributed by atoms with van der Waals surface area (Å²) in [7, 11) is 4.24. The van der Waals surface area contributed by atoms with Gasteiger partial charge in [-0.1, -0.05) is 25.7 Å². The Hall–Kier alpha value is -2.54. The first-order valence-corrected chi connectivity index (χ1v) is 10.5. The van der Waals surface area contributed by atoms with Crippen LogP contribution in [0.3, 0.4) is 0 Å². The van der Waals surface area contributed by atoms with Crippen molar-refractivity contribution < 1.29 is 14.3 Å². The molecule has 7 heteroatoms. The number of fused-ring (bicyclic) bond motifs is 1. The summed E-state index contributed by atoms with van der Waals surface area (Å²) < 4.78 is 11.3. The summed E-state index contributed by atoms with van der Waals surface area (Å²) in [4.78, 5) is 15.3. The van der Waals surface area contributed by atoms with Crippen molar-refractivity contribution in [3.8, 4) is 22.8 Å². The summed E-state index contributed by atoms with van der Waals surface area (Å²) in [6.07, 6.45) is 8.79.